The van der Waals surface area contributed by atoms with E-state index in [4.69, 9.17) is 0 Å². The van der Waals surface area contributed by atoms with Crippen molar-refractivity contribution in [3.63, 3.8) is 0 Å². The maximum absolute atomic E-state index is 13.0. The molecule has 0 aliphatic heterocycles. The third-order valence-corrected chi connectivity index (χ3v) is 4.76. The quantitative estimate of drug-likeness (QED) is 0.502. The summed E-state index contributed by atoms with van der Waals surface area (Å²) in [5, 5.41) is -0.175. The van der Waals surface area contributed by atoms with E-state index < -0.39 is 0 Å². The van der Waals surface area contributed by atoms with Crippen LogP contribution < -0.4 is 0 Å². The first kappa shape index (κ1) is 10.2. The smallest absolute Gasteiger partial charge is 0.195 e. The van der Waals surface area contributed by atoms with Crippen LogP contribution in [0.15, 0.2) is 42.6 Å². The average Bonchev–Trinajstić information content (AvgIpc) is 3.01. The van der Waals surface area contributed by atoms with Gasteiger partial charge in [0.1, 0.15) is 5.69 Å². The third-order valence-electron chi connectivity index (χ3n) is 2.83. The minimum atomic E-state index is -0.175. The molecule has 0 aliphatic rings. The van der Waals surface area contributed by atoms with E-state index in [0.29, 0.717) is 0 Å². The van der Waals surface area contributed by atoms with Crippen molar-refractivity contribution in [2.45, 2.75) is 0 Å². The fourth-order valence-corrected chi connectivity index (χ4v) is 3.71. The van der Waals surface area contributed by atoms with Gasteiger partial charge in [0.15, 0.2) is 10.1 Å². The third kappa shape index (κ3) is 1.41. The van der Waals surface area contributed by atoms with Crippen LogP contribution in [-0.4, -0.2) is 9.38 Å². The van der Waals surface area contributed by atoms with E-state index in [1.54, 1.807) is 17.4 Å². The topological polar surface area (TPSA) is 17.3 Å². The summed E-state index contributed by atoms with van der Waals surface area (Å²) in [6, 6.07) is 11.4. The van der Waals surface area contributed by atoms with Crippen LogP contribution in [-0.2, 0) is 0 Å². The number of hydrogen-bond donors (Lipinski definition) is 0. The highest BCUT2D eigenvalue weighted by Crippen LogP contribution is 2.31. The molecule has 0 amide bonds. The molecule has 4 aromatic rings. The molecule has 88 valence electrons. The van der Waals surface area contributed by atoms with E-state index in [1.165, 1.54) is 10.8 Å². The van der Waals surface area contributed by atoms with Gasteiger partial charge >= 0.3 is 0 Å². The zero-order valence-corrected chi connectivity index (χ0v) is 10.8. The summed E-state index contributed by atoms with van der Waals surface area (Å²) in [5.41, 5.74) is 1.98. The second kappa shape index (κ2) is 3.63. The average molecular weight is 274 g/mol. The molecule has 0 fully saturated rings. The highest BCUT2D eigenvalue weighted by atomic mass is 32.1. The monoisotopic (exact) mass is 274 g/mol. The number of benzene rings is 1. The number of fused-ring (bicyclic) bond motifs is 3. The van der Waals surface area contributed by atoms with Crippen molar-refractivity contribution < 1.29 is 4.39 Å². The van der Waals surface area contributed by atoms with E-state index in [0.717, 1.165) is 32.4 Å². The lowest BCUT2D eigenvalue weighted by atomic mass is 10.3. The molecule has 18 heavy (non-hydrogen) atoms. The highest BCUT2D eigenvalue weighted by molar-refractivity contribution is 7.23. The molecule has 4 rings (SSSR count). The second-order valence-electron chi connectivity index (χ2n) is 3.95. The van der Waals surface area contributed by atoms with Gasteiger partial charge in [-0.3, -0.25) is 4.40 Å². The summed E-state index contributed by atoms with van der Waals surface area (Å²) in [6.07, 6.45) is 1.97. The molecule has 0 bridgehead atoms. The summed E-state index contributed by atoms with van der Waals surface area (Å²) in [7, 11) is 0. The van der Waals surface area contributed by atoms with Crippen molar-refractivity contribution in [3.05, 3.63) is 47.7 Å². The zero-order valence-electron chi connectivity index (χ0n) is 9.13. The summed E-state index contributed by atoms with van der Waals surface area (Å²) >= 11 is 2.77. The van der Waals surface area contributed by atoms with E-state index in [9.17, 15) is 4.39 Å². The first-order valence-corrected chi connectivity index (χ1v) is 7.07. The number of para-hydroxylation sites is 1. The predicted octanol–water partition coefficient (Wildman–Crippen LogP) is 4.42. The van der Waals surface area contributed by atoms with Gasteiger partial charge in [-0.05, 0) is 24.3 Å². The molecular weight excluding hydrogens is 267 g/mol. The SMILES string of the molecule is Fc1ccc(-c2cn3c(n2)sc2ccccc23)s1. The van der Waals surface area contributed by atoms with Gasteiger partial charge < -0.3 is 0 Å². The standard InChI is InChI=1S/C13H7FN2S2/c14-12-6-5-10(17-12)8-7-16-9-3-1-2-4-11(9)18-13(16)15-8/h1-7H. The number of aromatic nitrogens is 2. The van der Waals surface area contributed by atoms with E-state index >= 15 is 0 Å². The molecule has 0 spiro atoms. The van der Waals surface area contributed by atoms with Gasteiger partial charge in [-0.1, -0.05) is 23.5 Å². The van der Waals surface area contributed by atoms with Crippen LogP contribution in [0.25, 0.3) is 25.7 Å². The Kier molecular flexibility index (Phi) is 2.06. The maximum atomic E-state index is 13.0. The Labute approximate surface area is 110 Å². The predicted molar refractivity (Wildman–Crippen MR) is 73.8 cm³/mol. The van der Waals surface area contributed by atoms with Crippen LogP contribution in [0, 0.1) is 5.13 Å². The van der Waals surface area contributed by atoms with Gasteiger partial charge in [-0.15, -0.1) is 11.3 Å². The Balaban J connectivity index is 1.99. The maximum Gasteiger partial charge on any atom is 0.195 e. The van der Waals surface area contributed by atoms with Crippen LogP contribution in [0.5, 0.6) is 0 Å². The van der Waals surface area contributed by atoms with Crippen molar-refractivity contribution in [1.29, 1.82) is 0 Å². The summed E-state index contributed by atoms with van der Waals surface area (Å²) in [4.78, 5) is 6.37. The molecular formula is C13H7FN2S2. The minimum absolute atomic E-state index is 0.175. The van der Waals surface area contributed by atoms with Gasteiger partial charge in [0, 0.05) is 6.20 Å². The number of halogens is 1. The van der Waals surface area contributed by atoms with Crippen molar-refractivity contribution >= 4 is 37.9 Å². The lowest BCUT2D eigenvalue weighted by molar-refractivity contribution is 0.657. The van der Waals surface area contributed by atoms with Crippen molar-refractivity contribution in [2.75, 3.05) is 0 Å². The van der Waals surface area contributed by atoms with Gasteiger partial charge in [-0.25, -0.2) is 4.98 Å². The number of hydrogen-bond acceptors (Lipinski definition) is 3. The second-order valence-corrected chi connectivity index (χ2v) is 6.00. The Morgan fingerprint density at radius 2 is 1.94 bits per heavy atom. The van der Waals surface area contributed by atoms with Crippen LogP contribution in [0.2, 0.25) is 0 Å². The zero-order chi connectivity index (χ0) is 12.1. The first-order valence-electron chi connectivity index (χ1n) is 5.43. The molecule has 0 saturated carbocycles. The highest BCUT2D eigenvalue weighted by Gasteiger charge is 2.11. The van der Waals surface area contributed by atoms with Crippen LogP contribution in [0.3, 0.4) is 0 Å². The van der Waals surface area contributed by atoms with Crippen molar-refractivity contribution in [2.24, 2.45) is 0 Å². The molecule has 5 heteroatoms. The Hall–Kier alpha value is -1.72. The lowest BCUT2D eigenvalue weighted by Gasteiger charge is -1.89. The molecule has 0 unspecified atom stereocenters. The normalized spacial score (nSPS) is 11.6. The molecule has 0 N–H and O–H groups in total. The van der Waals surface area contributed by atoms with Gasteiger partial charge in [0.2, 0.25) is 0 Å². The molecule has 0 radical (unpaired) electrons. The number of nitrogens with zero attached hydrogens (tertiary/aromatic N) is 2. The Morgan fingerprint density at radius 1 is 1.06 bits per heavy atom. The van der Waals surface area contributed by atoms with Gasteiger partial charge in [0.25, 0.3) is 0 Å². The summed E-state index contributed by atoms with van der Waals surface area (Å²) < 4.78 is 16.3. The van der Waals surface area contributed by atoms with Gasteiger partial charge in [-0.2, -0.15) is 4.39 Å². The molecule has 2 nitrogen and oxygen atoms in total. The van der Waals surface area contributed by atoms with Crippen molar-refractivity contribution in [3.8, 4) is 10.6 Å². The molecule has 0 saturated heterocycles. The molecule has 1 aromatic carbocycles. The van der Waals surface area contributed by atoms with E-state index in [1.807, 2.05) is 18.3 Å². The summed E-state index contributed by atoms with van der Waals surface area (Å²) in [5.74, 6) is 0. The molecule has 0 aliphatic carbocycles. The number of rotatable bonds is 1. The summed E-state index contributed by atoms with van der Waals surface area (Å²) in [6.45, 7) is 0. The van der Waals surface area contributed by atoms with Crippen molar-refractivity contribution in [1.82, 2.24) is 9.38 Å². The van der Waals surface area contributed by atoms with Crippen LogP contribution in [0.1, 0.15) is 0 Å². The fraction of sp³-hybridized carbons (Fsp3) is 0. The molecule has 3 heterocycles. The largest absolute Gasteiger partial charge is 0.290 e. The van der Waals surface area contributed by atoms with E-state index in [2.05, 4.69) is 21.5 Å². The number of imidazole rings is 1. The Bertz CT molecular complexity index is 856. The molecule has 3 aromatic heterocycles. The molecule has 0 atom stereocenters. The first-order chi connectivity index (χ1) is 8.81. The van der Waals surface area contributed by atoms with Gasteiger partial charge in [0.05, 0.1) is 15.1 Å². The van der Waals surface area contributed by atoms with Crippen LogP contribution in [0.4, 0.5) is 4.39 Å². The van der Waals surface area contributed by atoms with E-state index in [-0.39, 0.29) is 5.13 Å². The fourth-order valence-electron chi connectivity index (χ4n) is 2.02. The number of thiazole rings is 1. The minimum Gasteiger partial charge on any atom is -0.290 e. The Morgan fingerprint density at radius 3 is 2.78 bits per heavy atom. The lowest BCUT2D eigenvalue weighted by Crippen LogP contribution is -1.74. The number of thiophene rings is 1. The van der Waals surface area contributed by atoms with Crippen LogP contribution >= 0.6 is 22.7 Å².